The van der Waals surface area contributed by atoms with Crippen molar-refractivity contribution in [1.82, 2.24) is 4.90 Å². The molecule has 0 saturated carbocycles. The van der Waals surface area contributed by atoms with Crippen LogP contribution in [0.4, 0.5) is 0 Å². The highest BCUT2D eigenvalue weighted by atomic mass is 35.5. The first kappa shape index (κ1) is 22.3. The second kappa shape index (κ2) is 11.1. The van der Waals surface area contributed by atoms with Gasteiger partial charge in [0.25, 0.3) is 0 Å². The Morgan fingerprint density at radius 2 is 1.75 bits per heavy atom. The largest absolute Gasteiger partial charge is 0.485 e. The Kier molecular flexibility index (Phi) is 8.81. The fourth-order valence-electron chi connectivity index (χ4n) is 3.61. The van der Waals surface area contributed by atoms with Gasteiger partial charge in [-0.05, 0) is 43.1 Å². The Morgan fingerprint density at radius 1 is 1.07 bits per heavy atom. The fraction of sp³-hybridized carbons (Fsp3) is 0.435. The van der Waals surface area contributed by atoms with Crippen LogP contribution in [0.3, 0.4) is 0 Å². The van der Waals surface area contributed by atoms with E-state index >= 15 is 0 Å². The molecule has 2 atom stereocenters. The lowest BCUT2D eigenvalue weighted by molar-refractivity contribution is -0.153. The zero-order chi connectivity index (χ0) is 19.1. The van der Waals surface area contributed by atoms with Crippen LogP contribution < -0.4 is 4.74 Å². The number of hydrogen-bond donors (Lipinski definition) is 0. The van der Waals surface area contributed by atoms with E-state index in [1.54, 1.807) is 0 Å². The number of nitrogens with zero attached hydrogens (tertiary/aromatic N) is 1. The van der Waals surface area contributed by atoms with E-state index in [1.807, 2.05) is 54.6 Å². The molecule has 152 valence electrons. The van der Waals surface area contributed by atoms with Gasteiger partial charge >= 0.3 is 5.97 Å². The number of ether oxygens (including phenoxy) is 2. The van der Waals surface area contributed by atoms with Gasteiger partial charge in [-0.2, -0.15) is 0 Å². The Balaban J connectivity index is 0.00000280. The number of fused-ring (bicyclic) bond motifs is 1. The third kappa shape index (κ3) is 5.49. The number of esters is 1. The molecule has 5 heteroatoms. The van der Waals surface area contributed by atoms with E-state index in [1.165, 1.54) is 0 Å². The van der Waals surface area contributed by atoms with Gasteiger partial charge in [0.1, 0.15) is 17.8 Å². The molecule has 3 rings (SSSR count). The molecule has 0 N–H and O–H groups in total. The van der Waals surface area contributed by atoms with E-state index < -0.39 is 0 Å². The Hall–Kier alpha value is -2.04. The molecule has 1 heterocycles. The van der Waals surface area contributed by atoms with Crippen molar-refractivity contribution in [2.75, 3.05) is 26.2 Å². The predicted octanol–water partition coefficient (Wildman–Crippen LogP) is 4.68. The molecule has 0 bridgehead atoms. The van der Waals surface area contributed by atoms with Gasteiger partial charge in [-0.3, -0.25) is 4.79 Å². The molecule has 0 fully saturated rings. The zero-order valence-corrected chi connectivity index (χ0v) is 17.5. The molecule has 0 aromatic heterocycles. The van der Waals surface area contributed by atoms with E-state index in [2.05, 4.69) is 18.7 Å². The van der Waals surface area contributed by atoms with Crippen LogP contribution in [0.1, 0.15) is 37.5 Å². The molecule has 0 saturated heterocycles. The number of rotatable bonds is 8. The number of para-hydroxylation sites is 1. The van der Waals surface area contributed by atoms with Crippen LogP contribution >= 0.6 is 12.4 Å². The fourth-order valence-corrected chi connectivity index (χ4v) is 3.61. The Labute approximate surface area is 174 Å². The highest BCUT2D eigenvalue weighted by Crippen LogP contribution is 2.39. The van der Waals surface area contributed by atoms with Crippen molar-refractivity contribution in [3.8, 4) is 5.75 Å². The minimum Gasteiger partial charge on any atom is -0.485 e. The second-order valence-corrected chi connectivity index (χ2v) is 6.92. The maximum absolute atomic E-state index is 12.9. The van der Waals surface area contributed by atoms with E-state index in [0.717, 1.165) is 42.9 Å². The summed E-state index contributed by atoms with van der Waals surface area (Å²) < 4.78 is 11.9. The molecule has 0 amide bonds. The van der Waals surface area contributed by atoms with Crippen LogP contribution in [0.5, 0.6) is 5.75 Å². The minimum absolute atomic E-state index is 0. The summed E-state index contributed by atoms with van der Waals surface area (Å²) in [6.07, 6.45) is 1.19. The van der Waals surface area contributed by atoms with Crippen molar-refractivity contribution in [2.45, 2.75) is 32.8 Å². The highest BCUT2D eigenvalue weighted by Gasteiger charge is 2.37. The van der Waals surface area contributed by atoms with Gasteiger partial charge in [-0.15, -0.1) is 12.4 Å². The van der Waals surface area contributed by atoms with Gasteiger partial charge < -0.3 is 14.4 Å². The highest BCUT2D eigenvalue weighted by molar-refractivity contribution is 5.85. The number of halogens is 1. The number of carbonyl (C=O) groups excluding carboxylic acids is 1. The quantitative estimate of drug-likeness (QED) is 0.474. The van der Waals surface area contributed by atoms with Gasteiger partial charge in [0.05, 0.1) is 6.61 Å². The zero-order valence-electron chi connectivity index (χ0n) is 16.7. The van der Waals surface area contributed by atoms with Gasteiger partial charge in [0.2, 0.25) is 0 Å². The van der Waals surface area contributed by atoms with Gasteiger partial charge in [0, 0.05) is 6.54 Å². The monoisotopic (exact) mass is 403 g/mol. The first-order chi connectivity index (χ1) is 13.2. The van der Waals surface area contributed by atoms with Gasteiger partial charge in [0.15, 0.2) is 0 Å². The summed E-state index contributed by atoms with van der Waals surface area (Å²) in [5.41, 5.74) is 2.08. The van der Waals surface area contributed by atoms with Crippen molar-refractivity contribution in [2.24, 2.45) is 5.92 Å². The summed E-state index contributed by atoms with van der Waals surface area (Å²) in [4.78, 5) is 15.2. The van der Waals surface area contributed by atoms with E-state index in [0.29, 0.717) is 13.0 Å². The molecule has 2 aromatic rings. The summed E-state index contributed by atoms with van der Waals surface area (Å²) in [7, 11) is 0. The number of hydrogen-bond acceptors (Lipinski definition) is 4. The molecule has 28 heavy (non-hydrogen) atoms. The van der Waals surface area contributed by atoms with Crippen molar-refractivity contribution < 1.29 is 14.3 Å². The van der Waals surface area contributed by atoms with Crippen LogP contribution in [0.2, 0.25) is 0 Å². The Morgan fingerprint density at radius 3 is 2.46 bits per heavy atom. The first-order valence-electron chi connectivity index (χ1n) is 9.91. The van der Waals surface area contributed by atoms with E-state index in [-0.39, 0.29) is 30.4 Å². The Bertz CT molecular complexity index is 734. The topological polar surface area (TPSA) is 38.8 Å². The average Bonchev–Trinajstić information content (AvgIpc) is 2.73. The van der Waals surface area contributed by atoms with E-state index in [4.69, 9.17) is 9.47 Å². The normalized spacial score (nSPS) is 18.0. The summed E-state index contributed by atoms with van der Waals surface area (Å²) in [6.45, 7) is 7.75. The summed E-state index contributed by atoms with van der Waals surface area (Å²) in [6, 6.07) is 17.9. The van der Waals surface area contributed by atoms with Crippen LogP contribution in [0.15, 0.2) is 54.6 Å². The molecular formula is C23H30ClNO3. The average molecular weight is 404 g/mol. The molecule has 4 nitrogen and oxygen atoms in total. The predicted molar refractivity (Wildman–Crippen MR) is 114 cm³/mol. The minimum atomic E-state index is -0.323. The number of benzene rings is 2. The maximum atomic E-state index is 12.9. The molecule has 1 aliphatic rings. The van der Waals surface area contributed by atoms with Gasteiger partial charge in [-0.1, -0.05) is 62.4 Å². The summed E-state index contributed by atoms with van der Waals surface area (Å²) in [5, 5.41) is 0. The van der Waals surface area contributed by atoms with Crippen LogP contribution in [-0.4, -0.2) is 37.1 Å². The SMILES string of the molecule is CCN(CC)CCCOC(=O)C1Cc2ccccc2OC1c1ccccc1.Cl. The van der Waals surface area contributed by atoms with Crippen molar-refractivity contribution in [3.63, 3.8) is 0 Å². The smallest absolute Gasteiger partial charge is 0.313 e. The lowest BCUT2D eigenvalue weighted by atomic mass is 9.87. The van der Waals surface area contributed by atoms with Crippen molar-refractivity contribution in [3.05, 3.63) is 65.7 Å². The van der Waals surface area contributed by atoms with Crippen LogP contribution in [0, 0.1) is 5.92 Å². The molecular weight excluding hydrogens is 374 g/mol. The van der Waals surface area contributed by atoms with E-state index in [9.17, 15) is 4.79 Å². The van der Waals surface area contributed by atoms with Crippen molar-refractivity contribution in [1.29, 1.82) is 0 Å². The maximum Gasteiger partial charge on any atom is 0.313 e. The standard InChI is InChI=1S/C23H29NO3.ClH/c1-3-24(4-2)15-10-16-26-23(25)20-17-19-13-8-9-14-21(19)27-22(20)18-11-6-5-7-12-18;/h5-9,11-14,20,22H,3-4,10,15-17H2,1-2H3;1H. The summed E-state index contributed by atoms with van der Waals surface area (Å²) in [5.74, 6) is 0.366. The third-order valence-electron chi connectivity index (χ3n) is 5.22. The van der Waals surface area contributed by atoms with Crippen LogP contribution in [-0.2, 0) is 16.0 Å². The lowest BCUT2D eigenvalue weighted by Crippen LogP contribution is -2.34. The summed E-state index contributed by atoms with van der Waals surface area (Å²) >= 11 is 0. The molecule has 0 spiro atoms. The first-order valence-corrected chi connectivity index (χ1v) is 9.91. The lowest BCUT2D eigenvalue weighted by Gasteiger charge is -2.32. The molecule has 0 radical (unpaired) electrons. The molecule has 1 aliphatic heterocycles. The molecule has 2 aromatic carbocycles. The van der Waals surface area contributed by atoms with Crippen molar-refractivity contribution >= 4 is 18.4 Å². The van der Waals surface area contributed by atoms with Gasteiger partial charge in [-0.25, -0.2) is 0 Å². The van der Waals surface area contributed by atoms with Crippen LogP contribution in [0.25, 0.3) is 0 Å². The molecule has 0 aliphatic carbocycles. The third-order valence-corrected chi connectivity index (χ3v) is 5.22. The number of carbonyl (C=O) groups is 1. The molecule has 2 unspecified atom stereocenters. The second-order valence-electron chi connectivity index (χ2n) is 6.92.